The molecule has 36 heavy (non-hydrogen) atoms. The van der Waals surface area contributed by atoms with E-state index in [0.29, 0.717) is 29.4 Å². The molecule has 3 heterocycles. The van der Waals surface area contributed by atoms with Crippen molar-refractivity contribution in [2.75, 3.05) is 20.6 Å². The molecule has 4 aromatic rings. The van der Waals surface area contributed by atoms with Gasteiger partial charge in [-0.15, -0.1) is 0 Å². The number of H-pyrrole nitrogens is 1. The number of fused-ring (bicyclic) bond motifs is 2. The van der Waals surface area contributed by atoms with Gasteiger partial charge < -0.3 is 19.3 Å². The summed E-state index contributed by atoms with van der Waals surface area (Å²) in [5, 5.41) is 17.7. The van der Waals surface area contributed by atoms with E-state index in [9.17, 15) is 18.7 Å². The van der Waals surface area contributed by atoms with E-state index < -0.39 is 23.8 Å². The lowest BCUT2D eigenvalue weighted by atomic mass is 10.1. The molecule has 188 valence electrons. The van der Waals surface area contributed by atoms with Crippen molar-refractivity contribution in [2.45, 2.75) is 32.7 Å². The molecule has 0 radical (unpaired) electrons. The summed E-state index contributed by atoms with van der Waals surface area (Å²) in [7, 11) is 3.94. The number of hydrogen-bond acceptors (Lipinski definition) is 5. The molecule has 0 saturated heterocycles. The third-order valence-corrected chi connectivity index (χ3v) is 6.29. The molecule has 1 aliphatic rings. The second-order valence-corrected chi connectivity index (χ2v) is 9.16. The Morgan fingerprint density at radius 3 is 2.64 bits per heavy atom. The Bertz CT molecular complexity index is 1430. The monoisotopic (exact) mass is 496 g/mol. The van der Waals surface area contributed by atoms with E-state index in [0.717, 1.165) is 34.9 Å². The molecule has 0 bridgehead atoms. The molecule has 1 atom stereocenters. The van der Waals surface area contributed by atoms with Crippen LogP contribution in [0.4, 0.5) is 13.6 Å². The van der Waals surface area contributed by atoms with Gasteiger partial charge in [-0.1, -0.05) is 0 Å². The first-order valence-electron chi connectivity index (χ1n) is 11.5. The molecule has 1 unspecified atom stereocenters. The van der Waals surface area contributed by atoms with Gasteiger partial charge in [0.15, 0.2) is 5.82 Å². The third kappa shape index (κ3) is 4.49. The van der Waals surface area contributed by atoms with Crippen LogP contribution < -0.4 is 4.74 Å². The Labute approximate surface area is 205 Å². The number of hydrogen-bond donors (Lipinski definition) is 2. The van der Waals surface area contributed by atoms with Gasteiger partial charge in [-0.3, -0.25) is 10.00 Å². The molecule has 2 aromatic carbocycles. The zero-order chi connectivity index (χ0) is 25.6. The number of carboxylic acid groups (broad SMARTS) is 1. The topological polar surface area (TPSA) is 99.5 Å². The van der Waals surface area contributed by atoms with Crippen molar-refractivity contribution in [3.05, 3.63) is 65.0 Å². The van der Waals surface area contributed by atoms with E-state index in [1.165, 1.54) is 17.0 Å². The number of benzene rings is 2. The summed E-state index contributed by atoms with van der Waals surface area (Å²) in [6, 6.07) is 8.73. The predicted octanol–water partition coefficient (Wildman–Crippen LogP) is 4.40. The number of aromatic amines is 1. The van der Waals surface area contributed by atoms with Crippen LogP contribution in [0.5, 0.6) is 5.75 Å². The van der Waals surface area contributed by atoms with Crippen LogP contribution in [-0.4, -0.2) is 61.4 Å². The van der Waals surface area contributed by atoms with Crippen molar-refractivity contribution in [1.82, 2.24) is 29.5 Å². The number of rotatable bonds is 7. The number of halogens is 2. The van der Waals surface area contributed by atoms with Gasteiger partial charge in [-0.05, 0) is 56.9 Å². The minimum absolute atomic E-state index is 0.227. The molecule has 1 aliphatic heterocycles. The maximum Gasteiger partial charge on any atom is 0.408 e. The summed E-state index contributed by atoms with van der Waals surface area (Å²) >= 11 is 0. The highest BCUT2D eigenvalue weighted by molar-refractivity contribution is 5.92. The number of nitrogens with zero attached hydrogens (tertiary/aromatic N) is 5. The third-order valence-electron chi connectivity index (χ3n) is 6.29. The van der Waals surface area contributed by atoms with Crippen LogP contribution in [0.3, 0.4) is 0 Å². The number of ether oxygens (including phenoxy) is 1. The van der Waals surface area contributed by atoms with Crippen molar-refractivity contribution in [3.63, 3.8) is 0 Å². The van der Waals surface area contributed by atoms with E-state index in [1.807, 2.05) is 35.7 Å². The first kappa shape index (κ1) is 23.7. The van der Waals surface area contributed by atoms with Crippen molar-refractivity contribution >= 4 is 17.0 Å². The predicted molar refractivity (Wildman–Crippen MR) is 129 cm³/mol. The number of carbonyl (C=O) groups is 1. The summed E-state index contributed by atoms with van der Waals surface area (Å²) in [6.07, 6.45) is -1.57. The fraction of sp³-hybridized carbons (Fsp3) is 0.320. The summed E-state index contributed by atoms with van der Waals surface area (Å²) in [5.41, 5.74) is 3.36. The van der Waals surface area contributed by atoms with Crippen LogP contribution in [-0.2, 0) is 19.6 Å². The lowest BCUT2D eigenvalue weighted by molar-refractivity contribution is 0.144. The number of amides is 1. The van der Waals surface area contributed by atoms with E-state index in [4.69, 9.17) is 9.72 Å². The number of aromatic nitrogens is 4. The molecule has 2 aromatic heterocycles. The summed E-state index contributed by atoms with van der Waals surface area (Å²) in [5.74, 6) is -0.159. The SMILES string of the molecule is CC(Oc1ccc2[nH]nc(-c3nc4c(n3CCN(C)C)CN(C(=O)O)C4)c2c1)c1cc(F)cc(F)c1. The summed E-state index contributed by atoms with van der Waals surface area (Å²) < 4.78 is 35.4. The van der Waals surface area contributed by atoms with Crippen LogP contribution in [0, 0.1) is 11.6 Å². The molecule has 1 amide bonds. The molecular weight excluding hydrogens is 470 g/mol. The maximum absolute atomic E-state index is 13.7. The largest absolute Gasteiger partial charge is 0.486 e. The van der Waals surface area contributed by atoms with Crippen LogP contribution in [0.2, 0.25) is 0 Å². The molecule has 0 spiro atoms. The number of nitrogens with one attached hydrogen (secondary N) is 1. The van der Waals surface area contributed by atoms with Gasteiger partial charge >= 0.3 is 6.09 Å². The fourth-order valence-corrected chi connectivity index (χ4v) is 4.43. The van der Waals surface area contributed by atoms with E-state index >= 15 is 0 Å². The Morgan fingerprint density at radius 2 is 1.94 bits per heavy atom. The quantitative estimate of drug-likeness (QED) is 0.394. The van der Waals surface area contributed by atoms with Gasteiger partial charge in [0, 0.05) is 24.5 Å². The van der Waals surface area contributed by atoms with Crippen molar-refractivity contribution in [3.8, 4) is 17.3 Å². The van der Waals surface area contributed by atoms with Gasteiger partial charge in [-0.2, -0.15) is 5.10 Å². The maximum atomic E-state index is 13.7. The zero-order valence-electron chi connectivity index (χ0n) is 20.1. The summed E-state index contributed by atoms with van der Waals surface area (Å²) in [4.78, 5) is 19.7. The van der Waals surface area contributed by atoms with Crippen LogP contribution in [0.15, 0.2) is 36.4 Å². The van der Waals surface area contributed by atoms with Gasteiger partial charge in [0.25, 0.3) is 0 Å². The standard InChI is InChI=1S/C25H26F2N6O3/c1-14(15-8-16(26)10-17(27)9-15)36-18-4-5-20-19(11-18)23(30-29-20)24-28-21-12-32(25(34)35)13-22(21)33(24)7-6-31(2)3/h4-5,8-11,14H,6-7,12-13H2,1-3H3,(H,29,30)(H,34,35). The smallest absolute Gasteiger partial charge is 0.408 e. The number of imidazole rings is 1. The van der Waals surface area contributed by atoms with Crippen LogP contribution in [0.25, 0.3) is 22.4 Å². The van der Waals surface area contributed by atoms with Gasteiger partial charge in [0.2, 0.25) is 0 Å². The molecule has 0 saturated carbocycles. The molecule has 11 heteroatoms. The highest BCUT2D eigenvalue weighted by Crippen LogP contribution is 2.34. The van der Waals surface area contributed by atoms with Gasteiger partial charge in [-0.25, -0.2) is 18.6 Å². The molecule has 9 nitrogen and oxygen atoms in total. The molecule has 5 rings (SSSR count). The van der Waals surface area contributed by atoms with E-state index in [2.05, 4.69) is 10.2 Å². The Hall–Kier alpha value is -3.99. The molecular formula is C25H26F2N6O3. The van der Waals surface area contributed by atoms with E-state index in [1.54, 1.807) is 13.0 Å². The Kier molecular flexibility index (Phi) is 6.09. The lowest BCUT2D eigenvalue weighted by Gasteiger charge is -2.17. The van der Waals surface area contributed by atoms with Crippen LogP contribution >= 0.6 is 0 Å². The first-order chi connectivity index (χ1) is 17.2. The van der Waals surface area contributed by atoms with Crippen molar-refractivity contribution in [1.29, 1.82) is 0 Å². The minimum Gasteiger partial charge on any atom is -0.486 e. The second kappa shape index (κ2) is 9.23. The zero-order valence-corrected chi connectivity index (χ0v) is 20.1. The molecule has 0 fully saturated rings. The second-order valence-electron chi connectivity index (χ2n) is 9.16. The Balaban J connectivity index is 1.50. The lowest BCUT2D eigenvalue weighted by Crippen LogP contribution is -2.25. The molecule has 2 N–H and O–H groups in total. The average molecular weight is 497 g/mol. The van der Waals surface area contributed by atoms with Gasteiger partial charge in [0.1, 0.15) is 29.2 Å². The highest BCUT2D eigenvalue weighted by atomic mass is 19.1. The van der Waals surface area contributed by atoms with Crippen LogP contribution in [0.1, 0.15) is 30.0 Å². The highest BCUT2D eigenvalue weighted by Gasteiger charge is 2.31. The Morgan fingerprint density at radius 1 is 1.19 bits per heavy atom. The van der Waals surface area contributed by atoms with Crippen molar-refractivity contribution < 1.29 is 23.4 Å². The van der Waals surface area contributed by atoms with E-state index in [-0.39, 0.29) is 13.1 Å². The number of likely N-dealkylation sites (N-methyl/N-ethyl adjacent to an activating group) is 1. The minimum atomic E-state index is -0.979. The average Bonchev–Trinajstić information content (AvgIpc) is 3.49. The normalized spacial score (nSPS) is 14.0. The van der Waals surface area contributed by atoms with Crippen molar-refractivity contribution in [2.24, 2.45) is 0 Å². The summed E-state index contributed by atoms with van der Waals surface area (Å²) in [6.45, 7) is 3.57. The first-order valence-corrected chi connectivity index (χ1v) is 11.5. The molecule has 0 aliphatic carbocycles. The van der Waals surface area contributed by atoms with Gasteiger partial charge in [0.05, 0.1) is 30.0 Å². The fourth-order valence-electron chi connectivity index (χ4n) is 4.43.